The summed E-state index contributed by atoms with van der Waals surface area (Å²) in [6, 6.07) is 0. The summed E-state index contributed by atoms with van der Waals surface area (Å²) in [5.74, 6) is 1.57. The third kappa shape index (κ3) is 13.7. The molecule has 1 aliphatic heterocycles. The zero-order valence-electron chi connectivity index (χ0n) is 23.2. The van der Waals surface area contributed by atoms with Crippen molar-refractivity contribution in [3.63, 3.8) is 0 Å². The van der Waals surface area contributed by atoms with Crippen LogP contribution in [0.3, 0.4) is 0 Å². The lowest BCUT2D eigenvalue weighted by molar-refractivity contribution is -0.893. The highest BCUT2D eigenvalue weighted by atomic mass is 35.5. The molecule has 0 saturated carbocycles. The van der Waals surface area contributed by atoms with Crippen LogP contribution in [0.1, 0.15) is 111 Å². The molecule has 0 aromatic rings. The van der Waals surface area contributed by atoms with Crippen LogP contribution in [0.5, 0.6) is 0 Å². The van der Waals surface area contributed by atoms with E-state index in [1.807, 2.05) is 0 Å². The van der Waals surface area contributed by atoms with Gasteiger partial charge in [-0.3, -0.25) is 0 Å². The summed E-state index contributed by atoms with van der Waals surface area (Å²) in [6.45, 7) is 11.2. The van der Waals surface area contributed by atoms with E-state index in [-0.39, 0.29) is 30.9 Å². The summed E-state index contributed by atoms with van der Waals surface area (Å²) in [7, 11) is 6.30. The lowest BCUT2D eigenvalue weighted by Gasteiger charge is -2.43. The first-order valence-electron chi connectivity index (χ1n) is 13.9. The minimum absolute atomic E-state index is 0. The van der Waals surface area contributed by atoms with Crippen LogP contribution in [0.25, 0.3) is 0 Å². The van der Waals surface area contributed by atoms with Crippen molar-refractivity contribution in [1.82, 2.24) is 0 Å². The average molecular weight is 493 g/mol. The van der Waals surface area contributed by atoms with Gasteiger partial charge in [0.2, 0.25) is 0 Å². The van der Waals surface area contributed by atoms with Crippen molar-refractivity contribution in [1.29, 1.82) is 0 Å². The Bertz CT molecular complexity index is 460. The summed E-state index contributed by atoms with van der Waals surface area (Å²) in [5.41, 5.74) is 0. The molecular weight excluding hydrogens is 434 g/mol. The van der Waals surface area contributed by atoms with Crippen molar-refractivity contribution < 1.29 is 19.1 Å². The van der Waals surface area contributed by atoms with E-state index in [4.69, 9.17) is 9.47 Å². The molecule has 1 heterocycles. The summed E-state index contributed by atoms with van der Waals surface area (Å²) < 4.78 is 12.7. The number of aliphatic hydroxyl groups excluding tert-OH is 1. The van der Waals surface area contributed by atoms with E-state index >= 15 is 0 Å². The molecule has 0 amide bonds. The third-order valence-electron chi connectivity index (χ3n) is 8.06. The zero-order valence-corrected chi connectivity index (χ0v) is 24.0. The first kappa shape index (κ1) is 33.1. The minimum Gasteiger partial charge on any atom is -0.387 e. The van der Waals surface area contributed by atoms with Crippen LogP contribution >= 0.6 is 12.4 Å². The van der Waals surface area contributed by atoms with Gasteiger partial charge < -0.3 is 19.1 Å². The molecule has 0 aromatic carbocycles. The Morgan fingerprint density at radius 2 is 1.36 bits per heavy atom. The number of likely N-dealkylation sites (N-methyl/N-ethyl adjacent to an activating group) is 1. The molecule has 1 rings (SSSR count). The predicted molar refractivity (Wildman–Crippen MR) is 144 cm³/mol. The zero-order chi connectivity index (χ0) is 24.0. The number of methoxy groups -OCH3 is 1. The van der Waals surface area contributed by atoms with Gasteiger partial charge in [0.15, 0.2) is 6.29 Å². The van der Waals surface area contributed by atoms with Gasteiger partial charge in [-0.15, -0.1) is 12.4 Å². The van der Waals surface area contributed by atoms with Gasteiger partial charge in [-0.05, 0) is 43.9 Å². The van der Waals surface area contributed by atoms with Crippen molar-refractivity contribution in [2.45, 2.75) is 130 Å². The van der Waals surface area contributed by atoms with Crippen LogP contribution in [0.2, 0.25) is 0 Å². The van der Waals surface area contributed by atoms with Gasteiger partial charge in [0, 0.05) is 13.0 Å². The second-order valence-corrected chi connectivity index (χ2v) is 11.5. The maximum Gasteiger partial charge on any atom is 0.160 e. The fraction of sp³-hybridized carbons (Fsp3) is 1.00. The molecule has 0 aromatic heterocycles. The van der Waals surface area contributed by atoms with Gasteiger partial charge in [-0.25, -0.2) is 0 Å². The molecule has 200 valence electrons. The second kappa shape index (κ2) is 18.4. The highest BCUT2D eigenvalue weighted by Crippen LogP contribution is 2.37. The molecule has 4 nitrogen and oxygen atoms in total. The number of nitrogens with zero attached hydrogens (tertiary/aromatic N) is 1. The number of halogens is 1. The molecule has 0 aliphatic carbocycles. The van der Waals surface area contributed by atoms with E-state index in [0.29, 0.717) is 17.8 Å². The van der Waals surface area contributed by atoms with Crippen molar-refractivity contribution in [2.24, 2.45) is 17.8 Å². The van der Waals surface area contributed by atoms with Crippen LogP contribution in [0.15, 0.2) is 0 Å². The fourth-order valence-electron chi connectivity index (χ4n) is 5.42. The number of unbranched alkanes of at least 4 members (excludes halogenated alkanes) is 9. The maximum absolute atomic E-state index is 10.7. The van der Waals surface area contributed by atoms with Crippen molar-refractivity contribution in [3.05, 3.63) is 0 Å². The van der Waals surface area contributed by atoms with Crippen LogP contribution in [0, 0.1) is 17.8 Å². The lowest BCUT2D eigenvalue weighted by Crippen LogP contribution is -2.46. The van der Waals surface area contributed by atoms with Crippen LogP contribution in [-0.4, -0.2) is 62.4 Å². The highest BCUT2D eigenvalue weighted by Gasteiger charge is 2.38. The van der Waals surface area contributed by atoms with Gasteiger partial charge >= 0.3 is 0 Å². The Morgan fingerprint density at radius 1 is 0.818 bits per heavy atom. The van der Waals surface area contributed by atoms with Gasteiger partial charge in [0.25, 0.3) is 0 Å². The number of quaternary nitrogens is 1. The van der Waals surface area contributed by atoms with Crippen molar-refractivity contribution in [2.75, 3.05) is 34.3 Å². The molecule has 0 radical (unpaired) electrons. The smallest absolute Gasteiger partial charge is 0.160 e. The molecule has 1 aliphatic rings. The van der Waals surface area contributed by atoms with Gasteiger partial charge in [0.1, 0.15) is 12.6 Å². The van der Waals surface area contributed by atoms with Crippen molar-refractivity contribution in [3.8, 4) is 0 Å². The first-order valence-corrected chi connectivity index (χ1v) is 13.9. The van der Waals surface area contributed by atoms with Crippen LogP contribution < -0.4 is 0 Å². The standard InChI is InChI=1S/C28H58NO3.ClH/c1-8-9-10-11-12-13-14-15-16-17-21-29(5,6)22-26(30)19-18-20-27-24(3)23(2)25(4)28(31-7)32-27;/h23-28,30H,8-22H2,1-7H3;1H/q+1;. The number of hydrogen-bond acceptors (Lipinski definition) is 3. The molecule has 0 spiro atoms. The average Bonchev–Trinajstić information content (AvgIpc) is 2.74. The predicted octanol–water partition coefficient (Wildman–Crippen LogP) is 7.22. The van der Waals surface area contributed by atoms with E-state index in [1.165, 1.54) is 70.8 Å². The summed E-state index contributed by atoms with van der Waals surface area (Å²) in [6.07, 6.45) is 16.6. The number of rotatable bonds is 18. The molecule has 6 unspecified atom stereocenters. The Labute approximate surface area is 213 Å². The summed E-state index contributed by atoms with van der Waals surface area (Å²) in [5, 5.41) is 10.7. The summed E-state index contributed by atoms with van der Waals surface area (Å²) in [4.78, 5) is 0. The molecule has 0 bridgehead atoms. The normalized spacial score (nSPS) is 26.7. The molecule has 6 atom stereocenters. The molecule has 1 N–H and O–H groups in total. The van der Waals surface area contributed by atoms with Gasteiger partial charge in [-0.2, -0.15) is 0 Å². The molecule has 1 saturated heterocycles. The molecule has 5 heteroatoms. The van der Waals surface area contributed by atoms with Crippen LogP contribution in [-0.2, 0) is 9.47 Å². The fourth-order valence-corrected chi connectivity index (χ4v) is 5.42. The Morgan fingerprint density at radius 3 is 1.91 bits per heavy atom. The van der Waals surface area contributed by atoms with E-state index in [2.05, 4.69) is 41.8 Å². The van der Waals surface area contributed by atoms with Crippen LogP contribution in [0.4, 0.5) is 0 Å². The molecule has 1 fully saturated rings. The van der Waals surface area contributed by atoms with Crippen molar-refractivity contribution >= 4 is 12.4 Å². The highest BCUT2D eigenvalue weighted by molar-refractivity contribution is 5.85. The monoisotopic (exact) mass is 492 g/mol. The van der Waals surface area contributed by atoms with E-state index in [1.54, 1.807) is 7.11 Å². The van der Waals surface area contributed by atoms with E-state index in [9.17, 15) is 5.11 Å². The molecular formula is C28H59ClNO3+. The topological polar surface area (TPSA) is 38.7 Å². The number of ether oxygens (including phenoxy) is 2. The Balaban J connectivity index is 0.0000102. The summed E-state index contributed by atoms with van der Waals surface area (Å²) >= 11 is 0. The maximum atomic E-state index is 10.7. The molecule has 33 heavy (non-hydrogen) atoms. The second-order valence-electron chi connectivity index (χ2n) is 11.5. The quantitative estimate of drug-likeness (QED) is 0.162. The van der Waals surface area contributed by atoms with Gasteiger partial charge in [-0.1, -0.05) is 79.1 Å². The SMILES string of the molecule is CCCCCCCCCCCC[N+](C)(C)CC(O)CCCC1OC(OC)C(C)C(C)C1C.Cl. The third-order valence-corrected chi connectivity index (χ3v) is 8.06. The first-order chi connectivity index (χ1) is 15.2. The Kier molecular flexibility index (Phi) is 18.5. The Hall–Kier alpha value is 0.130. The van der Waals surface area contributed by atoms with Gasteiger partial charge in [0.05, 0.1) is 26.7 Å². The minimum atomic E-state index is -0.221. The number of aliphatic hydroxyl groups is 1. The van der Waals surface area contributed by atoms with E-state index in [0.717, 1.165) is 30.3 Å². The lowest BCUT2D eigenvalue weighted by atomic mass is 9.77. The van der Waals surface area contributed by atoms with E-state index < -0.39 is 0 Å². The largest absolute Gasteiger partial charge is 0.387 e. The number of hydrogen-bond donors (Lipinski definition) is 1.